The van der Waals surface area contributed by atoms with E-state index < -0.39 is 0 Å². The predicted molar refractivity (Wildman–Crippen MR) is 114 cm³/mol. The maximum absolute atomic E-state index is 12.3. The molecule has 5 nitrogen and oxygen atoms in total. The highest BCUT2D eigenvalue weighted by atomic mass is 35.5. The molecule has 0 spiro atoms. The third kappa shape index (κ3) is 4.95. The Labute approximate surface area is 173 Å². The Hall–Kier alpha value is -3.31. The maximum Gasteiger partial charge on any atom is 0.240 e. The van der Waals surface area contributed by atoms with Gasteiger partial charge in [-0.1, -0.05) is 35.9 Å². The van der Waals surface area contributed by atoms with Crippen LogP contribution in [-0.4, -0.2) is 15.5 Å². The van der Waals surface area contributed by atoms with Gasteiger partial charge < -0.3 is 14.6 Å². The summed E-state index contributed by atoms with van der Waals surface area (Å²) in [5.41, 5.74) is 2.97. The summed E-state index contributed by atoms with van der Waals surface area (Å²) >= 11 is 6.07. The number of carbonyl (C=O) groups is 1. The Balaban J connectivity index is 1.29. The van der Waals surface area contributed by atoms with Crippen LogP contribution in [0.4, 0.5) is 0 Å². The number of benzene rings is 2. The van der Waals surface area contributed by atoms with Gasteiger partial charge in [0.2, 0.25) is 5.91 Å². The van der Waals surface area contributed by atoms with Crippen LogP contribution in [0.3, 0.4) is 0 Å². The van der Waals surface area contributed by atoms with E-state index in [1.807, 2.05) is 71.4 Å². The molecule has 146 valence electrons. The number of aromatic nitrogens is 2. The van der Waals surface area contributed by atoms with E-state index in [0.717, 1.165) is 27.8 Å². The summed E-state index contributed by atoms with van der Waals surface area (Å²) in [6.45, 7) is 1.18. The van der Waals surface area contributed by atoms with Crippen LogP contribution in [0.2, 0.25) is 5.02 Å². The van der Waals surface area contributed by atoms with E-state index in [1.165, 1.54) is 0 Å². The molecule has 1 amide bonds. The lowest BCUT2D eigenvalue weighted by Gasteiger charge is -2.09. The average molecular weight is 406 g/mol. The first-order valence-corrected chi connectivity index (χ1v) is 9.67. The van der Waals surface area contributed by atoms with Gasteiger partial charge in [0.25, 0.3) is 0 Å². The van der Waals surface area contributed by atoms with Crippen LogP contribution in [0.25, 0.3) is 10.9 Å². The summed E-state index contributed by atoms with van der Waals surface area (Å²) in [5.74, 6) is 0.721. The van der Waals surface area contributed by atoms with E-state index >= 15 is 0 Å². The molecule has 0 fully saturated rings. The first-order valence-electron chi connectivity index (χ1n) is 9.29. The molecule has 0 radical (unpaired) electrons. The van der Waals surface area contributed by atoms with Crippen molar-refractivity contribution in [3.05, 3.63) is 95.4 Å². The zero-order chi connectivity index (χ0) is 20.1. The van der Waals surface area contributed by atoms with E-state index in [9.17, 15) is 4.79 Å². The van der Waals surface area contributed by atoms with Gasteiger partial charge in [-0.25, -0.2) is 0 Å². The van der Waals surface area contributed by atoms with Crippen molar-refractivity contribution in [2.45, 2.75) is 19.7 Å². The molecule has 2 heterocycles. The van der Waals surface area contributed by atoms with Crippen LogP contribution < -0.4 is 10.1 Å². The lowest BCUT2D eigenvalue weighted by molar-refractivity contribution is -0.121. The van der Waals surface area contributed by atoms with Crippen molar-refractivity contribution in [2.24, 2.45) is 0 Å². The molecule has 2 aromatic carbocycles. The highest BCUT2D eigenvalue weighted by molar-refractivity contribution is 6.31. The normalized spacial score (nSPS) is 10.8. The minimum absolute atomic E-state index is 0.0561. The lowest BCUT2D eigenvalue weighted by atomic mass is 10.2. The Morgan fingerprint density at radius 3 is 2.72 bits per heavy atom. The van der Waals surface area contributed by atoms with Crippen molar-refractivity contribution in [1.82, 2.24) is 14.9 Å². The molecule has 0 aliphatic rings. The van der Waals surface area contributed by atoms with E-state index in [0.29, 0.717) is 18.2 Å². The van der Waals surface area contributed by atoms with Crippen molar-refractivity contribution >= 4 is 28.4 Å². The Morgan fingerprint density at radius 2 is 1.93 bits per heavy atom. The van der Waals surface area contributed by atoms with E-state index in [4.69, 9.17) is 16.3 Å². The van der Waals surface area contributed by atoms with Gasteiger partial charge in [0.1, 0.15) is 18.9 Å². The molecule has 0 aliphatic heterocycles. The molecule has 6 heteroatoms. The number of rotatable bonds is 7. The van der Waals surface area contributed by atoms with Crippen molar-refractivity contribution in [3.63, 3.8) is 0 Å². The minimum Gasteiger partial charge on any atom is -0.489 e. The van der Waals surface area contributed by atoms with Crippen molar-refractivity contribution in [3.8, 4) is 5.75 Å². The number of amides is 1. The molecule has 2 aromatic heterocycles. The Bertz CT molecular complexity index is 1110. The number of nitrogens with zero attached hydrogens (tertiary/aromatic N) is 2. The molecule has 0 atom stereocenters. The number of carbonyl (C=O) groups excluding carboxylic acids is 1. The second-order valence-electron chi connectivity index (χ2n) is 6.72. The zero-order valence-electron chi connectivity index (χ0n) is 15.7. The molecule has 4 aromatic rings. The van der Waals surface area contributed by atoms with Gasteiger partial charge >= 0.3 is 0 Å². The average Bonchev–Trinajstić information content (AvgIpc) is 3.14. The van der Waals surface area contributed by atoms with Crippen LogP contribution in [0.5, 0.6) is 5.75 Å². The van der Waals surface area contributed by atoms with E-state index in [2.05, 4.69) is 10.3 Å². The van der Waals surface area contributed by atoms with Crippen LogP contribution >= 0.6 is 11.6 Å². The first-order chi connectivity index (χ1) is 14.2. The second-order valence-corrected chi connectivity index (χ2v) is 7.15. The summed E-state index contributed by atoms with van der Waals surface area (Å²) < 4.78 is 7.65. The van der Waals surface area contributed by atoms with Crippen LogP contribution in [-0.2, 0) is 24.5 Å². The molecule has 4 rings (SSSR count). The third-order valence-corrected chi connectivity index (χ3v) is 4.83. The summed E-state index contributed by atoms with van der Waals surface area (Å²) in [6, 6.07) is 19.2. The van der Waals surface area contributed by atoms with Gasteiger partial charge in [0, 0.05) is 41.2 Å². The third-order valence-electron chi connectivity index (χ3n) is 4.59. The highest BCUT2D eigenvalue weighted by Gasteiger charge is 2.07. The SMILES string of the molecule is O=C(Cn1ccc2ccc(Cl)cc21)NCc1ccc(OCc2cccnc2)cc1. The maximum atomic E-state index is 12.3. The van der Waals surface area contributed by atoms with Crippen LogP contribution in [0, 0.1) is 0 Å². The van der Waals surface area contributed by atoms with Gasteiger partial charge in [-0.15, -0.1) is 0 Å². The number of hydrogen-bond acceptors (Lipinski definition) is 3. The van der Waals surface area contributed by atoms with Gasteiger partial charge in [-0.2, -0.15) is 0 Å². The van der Waals surface area contributed by atoms with E-state index in [-0.39, 0.29) is 12.5 Å². The van der Waals surface area contributed by atoms with Crippen LogP contribution in [0.15, 0.2) is 79.3 Å². The number of hydrogen-bond donors (Lipinski definition) is 1. The molecular weight excluding hydrogens is 386 g/mol. The Morgan fingerprint density at radius 1 is 1.07 bits per heavy atom. The molecular formula is C23H20ClN3O2. The molecule has 0 bridgehead atoms. The number of ether oxygens (including phenoxy) is 1. The number of nitrogens with one attached hydrogen (secondary N) is 1. The predicted octanol–water partition coefficient (Wildman–Crippen LogP) is 4.59. The number of fused-ring (bicyclic) bond motifs is 1. The van der Waals surface area contributed by atoms with Gasteiger partial charge in [-0.05, 0) is 47.3 Å². The fourth-order valence-corrected chi connectivity index (χ4v) is 3.23. The van der Waals surface area contributed by atoms with Gasteiger partial charge in [0.05, 0.1) is 0 Å². The summed E-state index contributed by atoms with van der Waals surface area (Å²) in [4.78, 5) is 16.4. The van der Waals surface area contributed by atoms with Gasteiger partial charge in [0.15, 0.2) is 0 Å². The van der Waals surface area contributed by atoms with Crippen molar-refractivity contribution < 1.29 is 9.53 Å². The van der Waals surface area contributed by atoms with Crippen molar-refractivity contribution in [2.75, 3.05) is 0 Å². The zero-order valence-corrected chi connectivity index (χ0v) is 16.5. The smallest absolute Gasteiger partial charge is 0.240 e. The standard InChI is InChI=1S/C23H20ClN3O2/c24-20-6-5-19-9-11-27(22(19)12-20)15-23(28)26-14-17-3-7-21(8-4-17)29-16-18-2-1-10-25-13-18/h1-13H,14-16H2,(H,26,28). The molecule has 29 heavy (non-hydrogen) atoms. The fraction of sp³-hybridized carbons (Fsp3) is 0.130. The largest absolute Gasteiger partial charge is 0.489 e. The molecule has 1 N–H and O–H groups in total. The summed E-state index contributed by atoms with van der Waals surface area (Å²) in [6.07, 6.45) is 5.42. The van der Waals surface area contributed by atoms with Crippen LogP contribution in [0.1, 0.15) is 11.1 Å². The lowest BCUT2D eigenvalue weighted by Crippen LogP contribution is -2.26. The Kier molecular flexibility index (Phi) is 5.77. The number of halogens is 1. The molecule has 0 saturated heterocycles. The van der Waals surface area contributed by atoms with Gasteiger partial charge in [-0.3, -0.25) is 9.78 Å². The summed E-state index contributed by atoms with van der Waals surface area (Å²) in [7, 11) is 0. The number of pyridine rings is 1. The topological polar surface area (TPSA) is 56.2 Å². The summed E-state index contributed by atoms with van der Waals surface area (Å²) in [5, 5.41) is 4.67. The van der Waals surface area contributed by atoms with Crippen molar-refractivity contribution in [1.29, 1.82) is 0 Å². The quantitative estimate of drug-likeness (QED) is 0.489. The van der Waals surface area contributed by atoms with E-state index in [1.54, 1.807) is 12.4 Å². The fourth-order valence-electron chi connectivity index (χ4n) is 3.06. The molecule has 0 aliphatic carbocycles. The highest BCUT2D eigenvalue weighted by Crippen LogP contribution is 2.20. The second kappa shape index (κ2) is 8.80. The molecule has 0 unspecified atom stereocenters. The monoisotopic (exact) mass is 405 g/mol. The first kappa shape index (κ1) is 19.0. The molecule has 0 saturated carbocycles. The minimum atomic E-state index is -0.0561.